The van der Waals surface area contributed by atoms with Crippen LogP contribution in [0.4, 0.5) is 0 Å². The third-order valence-electron chi connectivity index (χ3n) is 1.78. The predicted molar refractivity (Wildman–Crippen MR) is 48.1 cm³/mol. The van der Waals surface area contributed by atoms with Crippen molar-refractivity contribution in [2.75, 3.05) is 20.3 Å². The molecule has 0 amide bonds. The summed E-state index contributed by atoms with van der Waals surface area (Å²) in [5.41, 5.74) is 0.822. The molecule has 0 atom stereocenters. The zero-order valence-corrected chi connectivity index (χ0v) is 7.36. The van der Waals surface area contributed by atoms with Crippen molar-refractivity contribution in [2.24, 2.45) is 4.99 Å². The van der Waals surface area contributed by atoms with Crippen LogP contribution < -0.4 is 4.74 Å². The molecule has 1 aromatic rings. The van der Waals surface area contributed by atoms with Gasteiger partial charge in [0.05, 0.1) is 19.2 Å². The Morgan fingerprint density at radius 3 is 3.15 bits per heavy atom. The highest BCUT2D eigenvalue weighted by molar-refractivity contribution is 5.96. The summed E-state index contributed by atoms with van der Waals surface area (Å²) in [7, 11) is 1.58. The van der Waals surface area contributed by atoms with Crippen LogP contribution in [0.5, 0.6) is 5.88 Å². The van der Waals surface area contributed by atoms with Gasteiger partial charge in [-0.1, -0.05) is 0 Å². The quantitative estimate of drug-likeness (QED) is 0.674. The second-order valence-corrected chi connectivity index (χ2v) is 2.60. The van der Waals surface area contributed by atoms with Crippen molar-refractivity contribution in [3.8, 4) is 5.88 Å². The molecule has 0 radical (unpaired) electrons. The van der Waals surface area contributed by atoms with E-state index in [-0.39, 0.29) is 0 Å². The summed E-state index contributed by atoms with van der Waals surface area (Å²) >= 11 is 0. The Morgan fingerprint density at radius 2 is 2.46 bits per heavy atom. The second-order valence-electron chi connectivity index (χ2n) is 2.60. The van der Waals surface area contributed by atoms with E-state index in [9.17, 15) is 0 Å². The Labute approximate surface area is 76.2 Å². The van der Waals surface area contributed by atoms with Gasteiger partial charge in [0.25, 0.3) is 0 Å². The topological polar surface area (TPSA) is 43.7 Å². The largest absolute Gasteiger partial charge is 0.480 e. The van der Waals surface area contributed by atoms with Gasteiger partial charge in [-0.3, -0.25) is 0 Å². The first-order valence-corrected chi connectivity index (χ1v) is 4.08. The number of hydrogen-bond donors (Lipinski definition) is 0. The fraction of sp³-hybridized carbons (Fsp3) is 0.333. The Kier molecular flexibility index (Phi) is 2.12. The van der Waals surface area contributed by atoms with Crippen molar-refractivity contribution in [1.82, 2.24) is 4.98 Å². The number of pyridine rings is 1. The number of nitrogens with zero attached hydrogens (tertiary/aromatic N) is 2. The van der Waals surface area contributed by atoms with E-state index in [1.54, 1.807) is 13.3 Å². The molecule has 0 bridgehead atoms. The minimum Gasteiger partial charge on any atom is -0.480 e. The molecular weight excluding hydrogens is 168 g/mol. The molecule has 0 N–H and O–H groups in total. The molecule has 0 spiro atoms. The van der Waals surface area contributed by atoms with Crippen LogP contribution in [0, 0.1) is 0 Å². The van der Waals surface area contributed by atoms with Crippen LogP contribution in [0.15, 0.2) is 23.3 Å². The van der Waals surface area contributed by atoms with Gasteiger partial charge in [-0.05, 0) is 12.1 Å². The SMILES string of the molecule is COc1ncccc1C1=NCCO1. The number of aromatic nitrogens is 1. The van der Waals surface area contributed by atoms with E-state index >= 15 is 0 Å². The van der Waals surface area contributed by atoms with Crippen LogP contribution in [0.25, 0.3) is 0 Å². The lowest BCUT2D eigenvalue weighted by molar-refractivity contribution is 0.343. The lowest BCUT2D eigenvalue weighted by atomic mass is 10.3. The monoisotopic (exact) mass is 178 g/mol. The Morgan fingerprint density at radius 1 is 1.54 bits per heavy atom. The molecule has 4 heteroatoms. The molecule has 1 aromatic heterocycles. The summed E-state index contributed by atoms with van der Waals surface area (Å²) in [5, 5.41) is 0. The molecule has 68 valence electrons. The van der Waals surface area contributed by atoms with E-state index in [4.69, 9.17) is 9.47 Å². The molecule has 13 heavy (non-hydrogen) atoms. The van der Waals surface area contributed by atoms with Gasteiger partial charge in [0, 0.05) is 6.20 Å². The van der Waals surface area contributed by atoms with Gasteiger partial charge in [0.15, 0.2) is 0 Å². The van der Waals surface area contributed by atoms with Crippen molar-refractivity contribution in [2.45, 2.75) is 0 Å². The molecule has 0 fully saturated rings. The summed E-state index contributed by atoms with van der Waals surface area (Å²) in [6, 6.07) is 3.72. The zero-order chi connectivity index (χ0) is 9.10. The maximum atomic E-state index is 5.31. The molecule has 0 saturated heterocycles. The van der Waals surface area contributed by atoms with Crippen molar-refractivity contribution in [3.05, 3.63) is 23.9 Å². The highest BCUT2D eigenvalue weighted by Gasteiger charge is 2.15. The smallest absolute Gasteiger partial charge is 0.225 e. The average molecular weight is 178 g/mol. The van der Waals surface area contributed by atoms with Crippen LogP contribution in [0.3, 0.4) is 0 Å². The standard InChI is InChI=1S/C9H10N2O2/c1-12-8-7(3-2-4-10-8)9-11-5-6-13-9/h2-4H,5-6H2,1H3. The lowest BCUT2D eigenvalue weighted by Crippen LogP contribution is -2.04. The summed E-state index contributed by atoms with van der Waals surface area (Å²) in [5.74, 6) is 1.19. The van der Waals surface area contributed by atoms with Crippen molar-refractivity contribution in [3.63, 3.8) is 0 Å². The first kappa shape index (κ1) is 8.04. The Balaban J connectivity index is 2.38. The number of hydrogen-bond acceptors (Lipinski definition) is 4. The van der Waals surface area contributed by atoms with E-state index in [1.165, 1.54) is 0 Å². The molecule has 1 aliphatic rings. The minimum absolute atomic E-state index is 0.558. The molecule has 2 rings (SSSR count). The molecule has 0 aliphatic carbocycles. The average Bonchev–Trinajstić information content (AvgIpc) is 2.70. The first-order valence-electron chi connectivity index (χ1n) is 4.08. The van der Waals surface area contributed by atoms with E-state index in [0.717, 1.165) is 5.56 Å². The Hall–Kier alpha value is -1.58. The molecule has 0 unspecified atom stereocenters. The van der Waals surface area contributed by atoms with Gasteiger partial charge < -0.3 is 9.47 Å². The Bertz CT molecular complexity index is 336. The maximum absolute atomic E-state index is 5.31. The third kappa shape index (κ3) is 1.47. The van der Waals surface area contributed by atoms with E-state index in [1.807, 2.05) is 12.1 Å². The van der Waals surface area contributed by atoms with E-state index in [0.29, 0.717) is 24.9 Å². The van der Waals surface area contributed by atoms with Crippen LogP contribution in [-0.4, -0.2) is 31.1 Å². The van der Waals surface area contributed by atoms with Crippen LogP contribution in [0.2, 0.25) is 0 Å². The van der Waals surface area contributed by atoms with Gasteiger partial charge in [-0.25, -0.2) is 9.98 Å². The highest BCUT2D eigenvalue weighted by Crippen LogP contribution is 2.17. The molecule has 0 saturated carbocycles. The third-order valence-corrected chi connectivity index (χ3v) is 1.78. The van der Waals surface area contributed by atoms with Gasteiger partial charge in [0.1, 0.15) is 6.61 Å². The fourth-order valence-corrected chi connectivity index (χ4v) is 1.21. The van der Waals surface area contributed by atoms with Crippen LogP contribution >= 0.6 is 0 Å². The second kappa shape index (κ2) is 3.43. The molecule has 2 heterocycles. The number of rotatable bonds is 2. The van der Waals surface area contributed by atoms with Crippen molar-refractivity contribution < 1.29 is 9.47 Å². The van der Waals surface area contributed by atoms with Crippen LogP contribution in [-0.2, 0) is 4.74 Å². The molecular formula is C9H10N2O2. The zero-order valence-electron chi connectivity index (χ0n) is 7.36. The summed E-state index contributed by atoms with van der Waals surface area (Å²) < 4.78 is 10.4. The van der Waals surface area contributed by atoms with Gasteiger partial charge >= 0.3 is 0 Å². The number of aliphatic imine (C=N–C) groups is 1. The van der Waals surface area contributed by atoms with Gasteiger partial charge in [0.2, 0.25) is 11.8 Å². The van der Waals surface area contributed by atoms with Crippen molar-refractivity contribution >= 4 is 5.90 Å². The van der Waals surface area contributed by atoms with E-state index in [2.05, 4.69) is 9.98 Å². The number of ether oxygens (including phenoxy) is 2. The van der Waals surface area contributed by atoms with Gasteiger partial charge in [-0.15, -0.1) is 0 Å². The minimum atomic E-state index is 0.558. The summed E-state index contributed by atoms with van der Waals surface area (Å²) in [4.78, 5) is 8.25. The predicted octanol–water partition coefficient (Wildman–Crippen LogP) is 0.867. The molecule has 4 nitrogen and oxygen atoms in total. The molecule has 1 aliphatic heterocycles. The fourth-order valence-electron chi connectivity index (χ4n) is 1.21. The molecule has 0 aromatic carbocycles. The first-order chi connectivity index (χ1) is 6.42. The van der Waals surface area contributed by atoms with Crippen LogP contribution in [0.1, 0.15) is 5.56 Å². The lowest BCUT2D eigenvalue weighted by Gasteiger charge is -2.05. The van der Waals surface area contributed by atoms with Gasteiger partial charge in [-0.2, -0.15) is 0 Å². The summed E-state index contributed by atoms with van der Waals surface area (Å²) in [6.07, 6.45) is 1.68. The summed E-state index contributed by atoms with van der Waals surface area (Å²) in [6.45, 7) is 1.36. The normalized spacial score (nSPS) is 15.0. The van der Waals surface area contributed by atoms with Crippen molar-refractivity contribution in [1.29, 1.82) is 0 Å². The maximum Gasteiger partial charge on any atom is 0.225 e. The number of methoxy groups -OCH3 is 1. The van der Waals surface area contributed by atoms with E-state index < -0.39 is 0 Å². The highest BCUT2D eigenvalue weighted by atomic mass is 16.5.